The Hall–Kier alpha value is -1.88. The summed E-state index contributed by atoms with van der Waals surface area (Å²) in [4.78, 5) is 26.0. The summed E-state index contributed by atoms with van der Waals surface area (Å²) in [5.41, 5.74) is 1.19. The first kappa shape index (κ1) is 16.5. The van der Waals surface area contributed by atoms with Crippen LogP contribution in [0.25, 0.3) is 0 Å². The Morgan fingerprint density at radius 2 is 1.86 bits per heavy atom. The largest absolute Gasteiger partial charge is 0.462 e. The minimum absolute atomic E-state index is 0.00304. The van der Waals surface area contributed by atoms with Gasteiger partial charge in [-0.05, 0) is 64.0 Å². The number of amides is 1. The van der Waals surface area contributed by atoms with Gasteiger partial charge in [0.2, 0.25) is 5.91 Å². The van der Waals surface area contributed by atoms with Crippen LogP contribution in [-0.2, 0) is 9.53 Å². The number of esters is 1. The molecule has 0 saturated carbocycles. The molecule has 0 bridgehead atoms. The van der Waals surface area contributed by atoms with Crippen molar-refractivity contribution in [1.82, 2.24) is 4.90 Å². The van der Waals surface area contributed by atoms with E-state index in [4.69, 9.17) is 4.74 Å². The Labute approximate surface area is 131 Å². The maximum absolute atomic E-state index is 12.1. The normalized spacial score (nSPS) is 16.3. The molecular formula is C17H24N2O3. The molecule has 1 saturated heterocycles. The van der Waals surface area contributed by atoms with Crippen molar-refractivity contribution in [2.45, 2.75) is 39.2 Å². The van der Waals surface area contributed by atoms with Crippen LogP contribution in [0.4, 0.5) is 5.69 Å². The fraction of sp³-hybridized carbons (Fsp3) is 0.529. The molecule has 120 valence electrons. The van der Waals surface area contributed by atoms with Crippen molar-refractivity contribution >= 4 is 17.6 Å². The number of ether oxygens (including phenoxy) is 1. The van der Waals surface area contributed by atoms with Gasteiger partial charge in [0.25, 0.3) is 0 Å². The van der Waals surface area contributed by atoms with E-state index >= 15 is 0 Å². The van der Waals surface area contributed by atoms with Crippen molar-refractivity contribution in [1.29, 1.82) is 0 Å². The molecule has 1 aromatic carbocycles. The van der Waals surface area contributed by atoms with E-state index in [1.54, 1.807) is 31.2 Å². The topological polar surface area (TPSA) is 58.6 Å². The number of anilines is 1. The quantitative estimate of drug-likeness (QED) is 0.821. The van der Waals surface area contributed by atoms with Crippen LogP contribution in [-0.4, -0.2) is 42.5 Å². The molecule has 22 heavy (non-hydrogen) atoms. The smallest absolute Gasteiger partial charge is 0.338 e. The van der Waals surface area contributed by atoms with E-state index in [0.717, 1.165) is 13.1 Å². The number of carbonyl (C=O) groups excluding carboxylic acids is 2. The molecule has 0 spiro atoms. The maximum Gasteiger partial charge on any atom is 0.338 e. The van der Waals surface area contributed by atoms with Gasteiger partial charge in [-0.15, -0.1) is 0 Å². The summed E-state index contributed by atoms with van der Waals surface area (Å²) in [6.45, 7) is 6.39. The Morgan fingerprint density at radius 1 is 1.23 bits per heavy atom. The summed E-state index contributed by atoms with van der Waals surface area (Å²) in [6, 6.07) is 7.05. The fourth-order valence-corrected chi connectivity index (χ4v) is 2.70. The van der Waals surface area contributed by atoms with Crippen LogP contribution < -0.4 is 5.32 Å². The molecule has 1 fully saturated rings. The number of benzene rings is 1. The zero-order chi connectivity index (χ0) is 15.9. The average Bonchev–Trinajstić information content (AvgIpc) is 3.02. The Morgan fingerprint density at radius 3 is 2.45 bits per heavy atom. The number of hydrogen-bond donors (Lipinski definition) is 1. The van der Waals surface area contributed by atoms with Gasteiger partial charge in [0.1, 0.15) is 0 Å². The lowest BCUT2D eigenvalue weighted by molar-refractivity contribution is -0.117. The summed E-state index contributed by atoms with van der Waals surface area (Å²) in [5.74, 6) is -0.341. The van der Waals surface area contributed by atoms with Crippen LogP contribution in [0.3, 0.4) is 0 Å². The molecular weight excluding hydrogens is 280 g/mol. The number of hydrogen-bond acceptors (Lipinski definition) is 4. The van der Waals surface area contributed by atoms with Crippen LogP contribution in [0.2, 0.25) is 0 Å². The lowest BCUT2D eigenvalue weighted by atomic mass is 10.2. The third-order valence-corrected chi connectivity index (χ3v) is 3.92. The molecule has 1 aliphatic heterocycles. The molecule has 2 rings (SSSR count). The summed E-state index contributed by atoms with van der Waals surface area (Å²) < 4.78 is 4.93. The Bertz CT molecular complexity index is 507. The number of likely N-dealkylation sites (tertiary alicyclic amines) is 1. The van der Waals surface area contributed by atoms with Crippen LogP contribution in [0.15, 0.2) is 24.3 Å². The molecule has 1 aliphatic rings. The lowest BCUT2D eigenvalue weighted by Gasteiger charge is -2.23. The summed E-state index contributed by atoms with van der Waals surface area (Å²) in [6.07, 6.45) is 2.93. The fourth-order valence-electron chi connectivity index (χ4n) is 2.70. The van der Waals surface area contributed by atoms with Crippen LogP contribution in [0.5, 0.6) is 0 Å². The minimum atomic E-state index is -0.344. The molecule has 1 atom stereocenters. The minimum Gasteiger partial charge on any atom is -0.462 e. The van der Waals surface area contributed by atoms with Gasteiger partial charge in [-0.25, -0.2) is 4.79 Å². The van der Waals surface area contributed by atoms with E-state index in [2.05, 4.69) is 17.1 Å². The first-order valence-electron chi connectivity index (χ1n) is 7.91. The highest BCUT2D eigenvalue weighted by Gasteiger charge is 2.20. The summed E-state index contributed by atoms with van der Waals surface area (Å²) in [7, 11) is 0. The molecule has 5 nitrogen and oxygen atoms in total. The zero-order valence-electron chi connectivity index (χ0n) is 13.3. The molecule has 1 amide bonds. The molecule has 0 aliphatic carbocycles. The second-order valence-electron chi connectivity index (χ2n) is 5.64. The van der Waals surface area contributed by atoms with Gasteiger partial charge in [0.15, 0.2) is 0 Å². The van der Waals surface area contributed by atoms with Gasteiger partial charge in [0, 0.05) is 18.2 Å². The number of carbonyl (C=O) groups is 2. The second kappa shape index (κ2) is 7.94. The second-order valence-corrected chi connectivity index (χ2v) is 5.64. The molecule has 5 heteroatoms. The third kappa shape index (κ3) is 4.56. The van der Waals surface area contributed by atoms with Crippen molar-refractivity contribution in [2.75, 3.05) is 25.0 Å². The zero-order valence-corrected chi connectivity index (χ0v) is 13.3. The van der Waals surface area contributed by atoms with Gasteiger partial charge in [0.05, 0.1) is 12.2 Å². The van der Waals surface area contributed by atoms with E-state index < -0.39 is 0 Å². The van der Waals surface area contributed by atoms with E-state index in [9.17, 15) is 9.59 Å². The van der Waals surface area contributed by atoms with Crippen molar-refractivity contribution in [3.63, 3.8) is 0 Å². The van der Waals surface area contributed by atoms with Crippen molar-refractivity contribution in [3.05, 3.63) is 29.8 Å². The van der Waals surface area contributed by atoms with E-state index in [0.29, 0.717) is 24.3 Å². The van der Waals surface area contributed by atoms with Crippen LogP contribution in [0, 0.1) is 0 Å². The first-order chi connectivity index (χ1) is 10.6. The third-order valence-electron chi connectivity index (χ3n) is 3.92. The monoisotopic (exact) mass is 304 g/mol. The Balaban J connectivity index is 1.84. The van der Waals surface area contributed by atoms with E-state index in [-0.39, 0.29) is 17.9 Å². The molecule has 0 radical (unpaired) electrons. The van der Waals surface area contributed by atoms with Gasteiger partial charge in [-0.3, -0.25) is 4.79 Å². The maximum atomic E-state index is 12.1. The highest BCUT2D eigenvalue weighted by Crippen LogP contribution is 2.15. The first-order valence-corrected chi connectivity index (χ1v) is 7.91. The van der Waals surface area contributed by atoms with E-state index in [1.807, 2.05) is 0 Å². The molecule has 1 unspecified atom stereocenters. The predicted molar refractivity (Wildman–Crippen MR) is 85.9 cm³/mol. The van der Waals surface area contributed by atoms with Gasteiger partial charge in [-0.2, -0.15) is 0 Å². The lowest BCUT2D eigenvalue weighted by Crippen LogP contribution is -2.33. The number of rotatable bonds is 6. The van der Waals surface area contributed by atoms with Crippen LogP contribution in [0.1, 0.15) is 43.5 Å². The number of nitrogens with one attached hydrogen (secondary N) is 1. The average molecular weight is 304 g/mol. The van der Waals surface area contributed by atoms with Gasteiger partial charge in [-0.1, -0.05) is 0 Å². The SMILES string of the molecule is CCOC(=O)c1ccc(NC(=O)CC(C)N2CCCC2)cc1. The highest BCUT2D eigenvalue weighted by molar-refractivity contribution is 5.93. The van der Waals surface area contributed by atoms with Crippen LogP contribution >= 0.6 is 0 Å². The standard InChI is InChI=1S/C17H24N2O3/c1-3-22-17(21)14-6-8-15(9-7-14)18-16(20)12-13(2)19-10-4-5-11-19/h6-9,13H,3-5,10-12H2,1-2H3,(H,18,20). The molecule has 1 N–H and O–H groups in total. The van der Waals surface area contributed by atoms with Gasteiger partial charge >= 0.3 is 5.97 Å². The van der Waals surface area contributed by atoms with Crippen molar-refractivity contribution < 1.29 is 14.3 Å². The number of nitrogens with zero attached hydrogens (tertiary/aromatic N) is 1. The van der Waals surface area contributed by atoms with Crippen molar-refractivity contribution in [2.24, 2.45) is 0 Å². The van der Waals surface area contributed by atoms with E-state index in [1.165, 1.54) is 12.8 Å². The molecule has 1 aromatic rings. The highest BCUT2D eigenvalue weighted by atomic mass is 16.5. The predicted octanol–water partition coefficient (Wildman–Crippen LogP) is 2.68. The van der Waals surface area contributed by atoms with Gasteiger partial charge < -0.3 is 15.0 Å². The molecule has 1 heterocycles. The molecule has 0 aromatic heterocycles. The Kier molecular flexibility index (Phi) is 5.95. The summed E-state index contributed by atoms with van der Waals surface area (Å²) in [5, 5.41) is 2.88. The summed E-state index contributed by atoms with van der Waals surface area (Å²) >= 11 is 0. The van der Waals surface area contributed by atoms with Crippen molar-refractivity contribution in [3.8, 4) is 0 Å².